The van der Waals surface area contributed by atoms with E-state index in [-0.39, 0.29) is 11.0 Å². The summed E-state index contributed by atoms with van der Waals surface area (Å²) in [6.45, 7) is 11.8. The van der Waals surface area contributed by atoms with Gasteiger partial charge in [-0.05, 0) is 38.7 Å². The molecule has 2 unspecified atom stereocenters. The summed E-state index contributed by atoms with van der Waals surface area (Å²) in [5, 5.41) is 9.58. The van der Waals surface area contributed by atoms with Gasteiger partial charge in [-0.1, -0.05) is 26.5 Å². The maximum Gasteiger partial charge on any atom is 0.334 e. The van der Waals surface area contributed by atoms with Crippen LogP contribution in [0.25, 0.3) is 0 Å². The lowest BCUT2D eigenvalue weighted by Gasteiger charge is -2.39. The first-order chi connectivity index (χ1) is 8.22. The highest BCUT2D eigenvalue weighted by molar-refractivity contribution is 5.92. The Kier molecular flexibility index (Phi) is 2.74. The van der Waals surface area contributed by atoms with E-state index >= 15 is 0 Å². The number of hydrogen-bond acceptors (Lipinski definition) is 2. The normalized spacial score (nSPS) is 38.4. The zero-order chi connectivity index (χ0) is 13.8. The Morgan fingerprint density at radius 3 is 2.39 bits per heavy atom. The van der Waals surface area contributed by atoms with Crippen molar-refractivity contribution in [1.82, 2.24) is 0 Å². The van der Waals surface area contributed by atoms with Gasteiger partial charge < -0.3 is 9.84 Å². The first-order valence-corrected chi connectivity index (χ1v) is 6.49. The molecule has 1 aliphatic heterocycles. The molecule has 1 heterocycles. The van der Waals surface area contributed by atoms with Crippen molar-refractivity contribution in [2.45, 2.75) is 58.2 Å². The van der Waals surface area contributed by atoms with Crippen molar-refractivity contribution in [2.75, 3.05) is 0 Å². The van der Waals surface area contributed by atoms with Crippen LogP contribution in [-0.4, -0.2) is 22.3 Å². The smallest absolute Gasteiger partial charge is 0.334 e. The number of aliphatic carboxylic acids is 1. The maximum absolute atomic E-state index is 11.7. The molecule has 18 heavy (non-hydrogen) atoms. The van der Waals surface area contributed by atoms with E-state index in [9.17, 15) is 9.90 Å². The van der Waals surface area contributed by atoms with Gasteiger partial charge in [0.15, 0.2) is 0 Å². The lowest BCUT2D eigenvalue weighted by Crippen LogP contribution is -2.46. The molecule has 0 radical (unpaired) electrons. The van der Waals surface area contributed by atoms with E-state index in [0.717, 1.165) is 19.3 Å². The first-order valence-electron chi connectivity index (χ1n) is 6.49. The Bertz CT molecular complexity index is 447. The average molecular weight is 250 g/mol. The standard InChI is InChI=1S/C15H22O3/c1-6-10(2)11(12(16)17)15-13(3,4)8-7-9-14(15,5)18-15/h6H,1,7-9H2,2-5H3,(H,16,17). The number of ether oxygens (including phenoxy) is 1. The van der Waals surface area contributed by atoms with Crippen LogP contribution in [0, 0.1) is 5.41 Å². The van der Waals surface area contributed by atoms with Gasteiger partial charge in [0.25, 0.3) is 0 Å². The molecule has 3 heteroatoms. The fraction of sp³-hybridized carbons (Fsp3) is 0.667. The number of hydrogen-bond donors (Lipinski definition) is 1. The van der Waals surface area contributed by atoms with Gasteiger partial charge in [0, 0.05) is 5.41 Å². The van der Waals surface area contributed by atoms with Gasteiger partial charge in [0.1, 0.15) is 11.2 Å². The third-order valence-corrected chi connectivity index (χ3v) is 4.76. The van der Waals surface area contributed by atoms with Crippen LogP contribution < -0.4 is 0 Å². The molecule has 0 spiro atoms. The highest BCUT2D eigenvalue weighted by Gasteiger charge is 2.77. The van der Waals surface area contributed by atoms with E-state index in [2.05, 4.69) is 20.4 Å². The highest BCUT2D eigenvalue weighted by atomic mass is 16.6. The highest BCUT2D eigenvalue weighted by Crippen LogP contribution is 2.68. The molecule has 0 aromatic rings. The van der Waals surface area contributed by atoms with E-state index in [0.29, 0.717) is 11.1 Å². The molecule has 2 rings (SSSR count). The number of carbonyl (C=O) groups is 1. The van der Waals surface area contributed by atoms with Crippen molar-refractivity contribution < 1.29 is 14.6 Å². The molecule has 1 N–H and O–H groups in total. The van der Waals surface area contributed by atoms with E-state index in [1.165, 1.54) is 0 Å². The van der Waals surface area contributed by atoms with Gasteiger partial charge in [-0.25, -0.2) is 4.79 Å². The predicted molar refractivity (Wildman–Crippen MR) is 70.4 cm³/mol. The second kappa shape index (κ2) is 3.70. The van der Waals surface area contributed by atoms with Gasteiger partial charge in [-0.2, -0.15) is 0 Å². The molecule has 2 fully saturated rings. The minimum absolute atomic E-state index is 0.155. The molecule has 3 nitrogen and oxygen atoms in total. The summed E-state index contributed by atoms with van der Waals surface area (Å²) < 4.78 is 6.03. The minimum atomic E-state index is -0.883. The molecule has 0 aromatic heterocycles. The van der Waals surface area contributed by atoms with E-state index in [1.54, 1.807) is 13.0 Å². The number of rotatable bonds is 3. The largest absolute Gasteiger partial charge is 0.478 e. The van der Waals surface area contributed by atoms with Crippen LogP contribution in [-0.2, 0) is 9.53 Å². The fourth-order valence-corrected chi connectivity index (χ4v) is 3.79. The zero-order valence-corrected chi connectivity index (χ0v) is 11.7. The molecule has 0 amide bonds. The van der Waals surface area contributed by atoms with Crippen molar-refractivity contribution in [1.29, 1.82) is 0 Å². The summed E-state index contributed by atoms with van der Waals surface area (Å²) >= 11 is 0. The monoisotopic (exact) mass is 250 g/mol. The summed E-state index contributed by atoms with van der Waals surface area (Å²) in [7, 11) is 0. The lowest BCUT2D eigenvalue weighted by molar-refractivity contribution is -0.134. The number of epoxide rings is 1. The third-order valence-electron chi connectivity index (χ3n) is 4.76. The van der Waals surface area contributed by atoms with Crippen LogP contribution in [0.4, 0.5) is 0 Å². The second-order valence-electron chi connectivity index (χ2n) is 6.32. The van der Waals surface area contributed by atoms with Crippen LogP contribution in [0.5, 0.6) is 0 Å². The molecule has 1 aliphatic carbocycles. The number of carboxylic acid groups (broad SMARTS) is 1. The topological polar surface area (TPSA) is 49.8 Å². The van der Waals surface area contributed by atoms with Gasteiger partial charge in [0.2, 0.25) is 0 Å². The van der Waals surface area contributed by atoms with Gasteiger partial charge in [-0.3, -0.25) is 0 Å². The van der Waals surface area contributed by atoms with Crippen molar-refractivity contribution in [3.05, 3.63) is 23.8 Å². The van der Waals surface area contributed by atoms with Crippen LogP contribution in [0.2, 0.25) is 0 Å². The summed E-state index contributed by atoms with van der Waals surface area (Å²) in [6, 6.07) is 0. The summed E-state index contributed by atoms with van der Waals surface area (Å²) in [5.41, 5.74) is -0.0292. The Hall–Kier alpha value is -1.09. The number of fused-ring (bicyclic) bond motifs is 1. The SMILES string of the molecule is C=CC(C)=C(C(=O)O)C12OC1(C)CCCC2(C)C. The maximum atomic E-state index is 11.7. The number of carboxylic acids is 1. The summed E-state index contributed by atoms with van der Waals surface area (Å²) in [4.78, 5) is 11.7. The van der Waals surface area contributed by atoms with Gasteiger partial charge in [-0.15, -0.1) is 0 Å². The molecular weight excluding hydrogens is 228 g/mol. The first kappa shape index (κ1) is 13.3. The van der Waals surface area contributed by atoms with Crippen LogP contribution >= 0.6 is 0 Å². The molecule has 1 saturated heterocycles. The third kappa shape index (κ3) is 1.43. The van der Waals surface area contributed by atoms with E-state index < -0.39 is 11.6 Å². The Morgan fingerprint density at radius 1 is 1.33 bits per heavy atom. The van der Waals surface area contributed by atoms with Crippen molar-refractivity contribution in [3.63, 3.8) is 0 Å². The molecule has 100 valence electrons. The molecule has 2 aliphatic rings. The molecule has 1 saturated carbocycles. The Morgan fingerprint density at radius 2 is 1.94 bits per heavy atom. The summed E-state index contributed by atoms with van der Waals surface area (Å²) in [6.07, 6.45) is 4.62. The van der Waals surface area contributed by atoms with Crippen molar-refractivity contribution in [2.24, 2.45) is 5.41 Å². The molecule has 2 atom stereocenters. The van der Waals surface area contributed by atoms with Gasteiger partial charge >= 0.3 is 5.97 Å². The Labute approximate surface area is 109 Å². The minimum Gasteiger partial charge on any atom is -0.478 e. The van der Waals surface area contributed by atoms with Crippen molar-refractivity contribution in [3.8, 4) is 0 Å². The fourth-order valence-electron chi connectivity index (χ4n) is 3.79. The number of allylic oxidation sites excluding steroid dienone is 2. The average Bonchev–Trinajstić information content (AvgIpc) is 2.86. The van der Waals surface area contributed by atoms with Crippen LogP contribution in [0.15, 0.2) is 23.8 Å². The van der Waals surface area contributed by atoms with Crippen LogP contribution in [0.1, 0.15) is 47.0 Å². The molecule has 0 bridgehead atoms. The molecular formula is C15H22O3. The summed E-state index contributed by atoms with van der Waals surface area (Å²) in [5.74, 6) is -0.883. The van der Waals surface area contributed by atoms with Gasteiger partial charge in [0.05, 0.1) is 5.57 Å². The quantitative estimate of drug-likeness (QED) is 0.475. The zero-order valence-electron chi connectivity index (χ0n) is 11.7. The Balaban J connectivity index is 2.60. The molecule has 0 aromatic carbocycles. The second-order valence-corrected chi connectivity index (χ2v) is 6.32. The predicted octanol–water partition coefficient (Wildman–Crippen LogP) is 3.31. The lowest BCUT2D eigenvalue weighted by atomic mass is 9.60. The van der Waals surface area contributed by atoms with Crippen molar-refractivity contribution >= 4 is 5.97 Å². The van der Waals surface area contributed by atoms with Crippen LogP contribution in [0.3, 0.4) is 0 Å². The van der Waals surface area contributed by atoms with E-state index in [1.807, 2.05) is 6.92 Å². The van der Waals surface area contributed by atoms with E-state index in [4.69, 9.17) is 4.74 Å².